The van der Waals surface area contributed by atoms with Crippen LogP contribution in [0.3, 0.4) is 0 Å². The van der Waals surface area contributed by atoms with E-state index in [1.165, 1.54) is 19.8 Å². The molecule has 2 N–H and O–H groups in total. The van der Waals surface area contributed by atoms with Crippen LogP contribution in [0.1, 0.15) is 53.5 Å². The number of rotatable bonds is 3. The van der Waals surface area contributed by atoms with E-state index in [0.29, 0.717) is 23.3 Å². The lowest BCUT2D eigenvalue weighted by molar-refractivity contribution is 0.0915. The van der Waals surface area contributed by atoms with Crippen molar-refractivity contribution in [1.82, 2.24) is 15.2 Å². The number of piperidine rings is 1. The van der Waals surface area contributed by atoms with Gasteiger partial charge in [-0.05, 0) is 38.7 Å². The van der Waals surface area contributed by atoms with Crippen LogP contribution in [0.2, 0.25) is 0 Å². The highest BCUT2D eigenvalue weighted by Gasteiger charge is 2.34. The van der Waals surface area contributed by atoms with Gasteiger partial charge in [-0.3, -0.25) is 9.59 Å². The summed E-state index contributed by atoms with van der Waals surface area (Å²) in [6.07, 6.45) is 6.16. The van der Waals surface area contributed by atoms with Crippen molar-refractivity contribution in [2.24, 2.45) is 7.05 Å². The fourth-order valence-electron chi connectivity index (χ4n) is 3.42. The van der Waals surface area contributed by atoms with E-state index in [9.17, 15) is 9.59 Å². The van der Waals surface area contributed by atoms with E-state index in [1.54, 1.807) is 23.9 Å². The second kappa shape index (κ2) is 5.05. The molecule has 0 spiro atoms. The van der Waals surface area contributed by atoms with Crippen LogP contribution in [0, 0.1) is 0 Å². The van der Waals surface area contributed by atoms with Gasteiger partial charge in [-0.15, -0.1) is 0 Å². The summed E-state index contributed by atoms with van der Waals surface area (Å²) in [6, 6.07) is 3.03. The highest BCUT2D eigenvalue weighted by atomic mass is 16.2. The molecule has 0 aromatic carbocycles. The molecule has 108 valence electrons. The third-order valence-corrected chi connectivity index (χ3v) is 4.45. The number of nitrogens with zero attached hydrogens (tertiary/aromatic N) is 1. The van der Waals surface area contributed by atoms with E-state index >= 15 is 0 Å². The van der Waals surface area contributed by atoms with Crippen molar-refractivity contribution in [3.05, 3.63) is 23.5 Å². The van der Waals surface area contributed by atoms with Gasteiger partial charge in [-0.25, -0.2) is 0 Å². The Balaban J connectivity index is 1.68. The molecule has 2 saturated heterocycles. The van der Waals surface area contributed by atoms with Gasteiger partial charge >= 0.3 is 0 Å². The fraction of sp³-hybridized carbons (Fsp3) is 0.600. The third kappa shape index (κ3) is 2.50. The average molecular weight is 275 g/mol. The van der Waals surface area contributed by atoms with Crippen LogP contribution in [0.25, 0.3) is 0 Å². The van der Waals surface area contributed by atoms with Crippen LogP contribution in [-0.2, 0) is 7.05 Å². The van der Waals surface area contributed by atoms with E-state index < -0.39 is 0 Å². The molecule has 1 aromatic rings. The van der Waals surface area contributed by atoms with Gasteiger partial charge in [0.15, 0.2) is 5.78 Å². The molecule has 2 aliphatic heterocycles. The molecule has 0 saturated carbocycles. The first-order valence-electron chi connectivity index (χ1n) is 7.27. The summed E-state index contributed by atoms with van der Waals surface area (Å²) in [7, 11) is 1.80. The lowest BCUT2D eigenvalue weighted by Crippen LogP contribution is -2.48. The summed E-state index contributed by atoms with van der Waals surface area (Å²) >= 11 is 0. The molecule has 2 fully saturated rings. The number of amides is 1. The van der Waals surface area contributed by atoms with Crippen LogP contribution in [0.5, 0.6) is 0 Å². The van der Waals surface area contributed by atoms with Gasteiger partial charge in [0, 0.05) is 36.9 Å². The first-order chi connectivity index (χ1) is 9.52. The summed E-state index contributed by atoms with van der Waals surface area (Å²) in [4.78, 5) is 23.7. The van der Waals surface area contributed by atoms with Crippen LogP contribution in [0.4, 0.5) is 0 Å². The van der Waals surface area contributed by atoms with Crippen molar-refractivity contribution in [3.63, 3.8) is 0 Å². The molecule has 2 unspecified atom stereocenters. The predicted molar refractivity (Wildman–Crippen MR) is 75.9 cm³/mol. The zero-order chi connectivity index (χ0) is 14.3. The van der Waals surface area contributed by atoms with E-state index in [-0.39, 0.29) is 17.7 Å². The quantitative estimate of drug-likeness (QED) is 0.816. The van der Waals surface area contributed by atoms with Crippen LogP contribution in [0.15, 0.2) is 12.3 Å². The minimum absolute atomic E-state index is 0.0143. The lowest BCUT2D eigenvalue weighted by Gasteiger charge is -2.29. The van der Waals surface area contributed by atoms with Crippen molar-refractivity contribution in [2.75, 3.05) is 0 Å². The summed E-state index contributed by atoms with van der Waals surface area (Å²) in [5.74, 6) is -0.0918. The van der Waals surface area contributed by atoms with Gasteiger partial charge < -0.3 is 15.2 Å². The Morgan fingerprint density at radius 1 is 1.30 bits per heavy atom. The molecule has 3 rings (SSSR count). The summed E-state index contributed by atoms with van der Waals surface area (Å²) in [5.41, 5.74) is 1.14. The topological polar surface area (TPSA) is 63.1 Å². The Labute approximate surface area is 118 Å². The van der Waals surface area contributed by atoms with Crippen molar-refractivity contribution in [2.45, 2.75) is 50.7 Å². The second-order valence-electron chi connectivity index (χ2n) is 6.06. The van der Waals surface area contributed by atoms with E-state index in [4.69, 9.17) is 0 Å². The molecule has 3 heterocycles. The van der Waals surface area contributed by atoms with E-state index in [0.717, 1.165) is 12.8 Å². The van der Waals surface area contributed by atoms with Crippen LogP contribution in [-0.4, -0.2) is 34.4 Å². The largest absolute Gasteiger partial charge is 0.348 e. The summed E-state index contributed by atoms with van der Waals surface area (Å²) in [5, 5.41) is 6.68. The highest BCUT2D eigenvalue weighted by molar-refractivity contribution is 5.99. The fourth-order valence-corrected chi connectivity index (χ4v) is 3.42. The van der Waals surface area contributed by atoms with Gasteiger partial charge in [0.2, 0.25) is 0 Å². The Morgan fingerprint density at radius 2 is 1.95 bits per heavy atom. The maximum atomic E-state index is 12.3. The number of carbonyl (C=O) groups excluding carboxylic acids is 2. The van der Waals surface area contributed by atoms with Crippen LogP contribution < -0.4 is 10.6 Å². The molecule has 2 aliphatic rings. The van der Waals surface area contributed by atoms with Gasteiger partial charge in [-0.1, -0.05) is 0 Å². The highest BCUT2D eigenvalue weighted by Crippen LogP contribution is 2.27. The zero-order valence-corrected chi connectivity index (χ0v) is 12.0. The minimum atomic E-state index is -0.0775. The van der Waals surface area contributed by atoms with Crippen molar-refractivity contribution in [3.8, 4) is 0 Å². The number of hydrogen-bond donors (Lipinski definition) is 2. The predicted octanol–water partition coefficient (Wildman–Crippen LogP) is 1.24. The Morgan fingerprint density at radius 3 is 2.50 bits per heavy atom. The molecule has 0 aliphatic carbocycles. The molecule has 1 amide bonds. The SMILES string of the molecule is CC(=O)c1cc(C(=O)NC2CC3CCC(C2)N3)n(C)c1. The first kappa shape index (κ1) is 13.4. The van der Waals surface area contributed by atoms with Crippen LogP contribution >= 0.6 is 0 Å². The monoisotopic (exact) mass is 275 g/mol. The molecule has 2 bridgehead atoms. The maximum absolute atomic E-state index is 12.3. The average Bonchev–Trinajstić information content (AvgIpc) is 2.93. The van der Waals surface area contributed by atoms with Crippen molar-refractivity contribution < 1.29 is 9.59 Å². The Kier molecular flexibility index (Phi) is 3.38. The smallest absolute Gasteiger partial charge is 0.268 e. The Bertz CT molecular complexity index is 537. The van der Waals surface area contributed by atoms with Gasteiger partial charge in [0.25, 0.3) is 5.91 Å². The number of carbonyl (C=O) groups is 2. The number of nitrogens with one attached hydrogen (secondary N) is 2. The number of aryl methyl sites for hydroxylation is 1. The first-order valence-corrected chi connectivity index (χ1v) is 7.27. The minimum Gasteiger partial charge on any atom is -0.348 e. The number of hydrogen-bond acceptors (Lipinski definition) is 3. The van der Waals surface area contributed by atoms with Gasteiger partial charge in [-0.2, -0.15) is 0 Å². The molecule has 2 atom stereocenters. The number of ketones is 1. The maximum Gasteiger partial charge on any atom is 0.268 e. The molecular formula is C15H21N3O2. The molecule has 5 heteroatoms. The van der Waals surface area contributed by atoms with Gasteiger partial charge in [0.1, 0.15) is 5.69 Å². The summed E-state index contributed by atoms with van der Waals surface area (Å²) in [6.45, 7) is 1.52. The van der Waals surface area contributed by atoms with Crippen molar-refractivity contribution in [1.29, 1.82) is 0 Å². The molecule has 20 heavy (non-hydrogen) atoms. The normalized spacial score (nSPS) is 28.4. The number of aromatic nitrogens is 1. The molecule has 0 radical (unpaired) electrons. The van der Waals surface area contributed by atoms with E-state index in [2.05, 4.69) is 10.6 Å². The zero-order valence-electron chi connectivity index (χ0n) is 12.0. The molecule has 5 nitrogen and oxygen atoms in total. The molecule has 1 aromatic heterocycles. The number of Topliss-reactive ketones (excluding diaryl/α,β-unsaturated/α-hetero) is 1. The number of fused-ring (bicyclic) bond motifs is 2. The third-order valence-electron chi connectivity index (χ3n) is 4.45. The molecular weight excluding hydrogens is 254 g/mol. The standard InChI is InChI=1S/C15H21N3O2/c1-9(19)10-5-14(18(2)8-10)15(20)17-13-6-11-3-4-12(7-13)16-11/h5,8,11-13,16H,3-4,6-7H2,1-2H3,(H,17,20). The van der Waals surface area contributed by atoms with E-state index in [1.807, 2.05) is 0 Å². The lowest BCUT2D eigenvalue weighted by atomic mass is 10.00. The second-order valence-corrected chi connectivity index (χ2v) is 6.06. The Hall–Kier alpha value is -1.62. The van der Waals surface area contributed by atoms with Gasteiger partial charge in [0.05, 0.1) is 0 Å². The summed E-state index contributed by atoms with van der Waals surface area (Å²) < 4.78 is 1.72. The van der Waals surface area contributed by atoms with Crippen molar-refractivity contribution >= 4 is 11.7 Å².